The van der Waals surface area contributed by atoms with Crippen molar-refractivity contribution in [3.05, 3.63) is 87.9 Å². The maximum Gasteiger partial charge on any atom is 0.244 e. The van der Waals surface area contributed by atoms with Gasteiger partial charge in [-0.15, -0.1) is 0 Å². The molecule has 12 heteroatoms. The molecule has 0 aromatic heterocycles. The van der Waals surface area contributed by atoms with Crippen LogP contribution in [0.2, 0.25) is 10.0 Å². The molecule has 0 radical (unpaired) electrons. The van der Waals surface area contributed by atoms with Crippen LogP contribution in [-0.2, 0) is 32.6 Å². The second kappa shape index (κ2) is 12.1. The molecule has 1 heterocycles. The van der Waals surface area contributed by atoms with Crippen LogP contribution >= 0.6 is 23.2 Å². The first kappa shape index (κ1) is 28.5. The van der Waals surface area contributed by atoms with Crippen molar-refractivity contribution in [2.75, 3.05) is 30.9 Å². The highest BCUT2D eigenvalue weighted by atomic mass is 35.5. The standard InChI is InChI=1S/C27H27Cl2N3O6S/c1-30-27(34)23(13-18-7-4-3-5-8-18)31(15-20-21(28)9-6-10-22(20)29)26(33)16-32(39(2,35)36)19-11-12-24-25(14-19)38-17-37-24/h3-12,14,23H,13,15-17H2,1-2H3,(H,30,34)/t23-/m1/s1. The molecule has 0 saturated carbocycles. The summed E-state index contributed by atoms with van der Waals surface area (Å²) < 4.78 is 37.4. The molecule has 0 unspecified atom stereocenters. The van der Waals surface area contributed by atoms with Crippen molar-refractivity contribution in [1.29, 1.82) is 0 Å². The summed E-state index contributed by atoms with van der Waals surface area (Å²) in [5, 5.41) is 3.24. The summed E-state index contributed by atoms with van der Waals surface area (Å²) >= 11 is 12.9. The van der Waals surface area contributed by atoms with E-state index >= 15 is 0 Å². The van der Waals surface area contributed by atoms with E-state index in [9.17, 15) is 18.0 Å². The quantitative estimate of drug-likeness (QED) is 0.383. The number of sulfonamides is 1. The Balaban J connectivity index is 1.74. The lowest BCUT2D eigenvalue weighted by Gasteiger charge is -2.33. The van der Waals surface area contributed by atoms with Crippen LogP contribution in [0, 0.1) is 0 Å². The second-order valence-corrected chi connectivity index (χ2v) is 11.6. The van der Waals surface area contributed by atoms with E-state index in [1.54, 1.807) is 24.3 Å². The number of nitrogens with one attached hydrogen (secondary N) is 1. The van der Waals surface area contributed by atoms with E-state index in [1.807, 2.05) is 30.3 Å². The highest BCUT2D eigenvalue weighted by molar-refractivity contribution is 7.92. The third kappa shape index (κ3) is 6.76. The van der Waals surface area contributed by atoms with Crippen molar-refractivity contribution in [3.8, 4) is 11.5 Å². The Morgan fingerprint density at radius 2 is 1.64 bits per heavy atom. The third-order valence-electron chi connectivity index (χ3n) is 6.23. The Hall–Kier alpha value is -3.47. The monoisotopic (exact) mass is 591 g/mol. The van der Waals surface area contributed by atoms with Crippen LogP contribution in [0.25, 0.3) is 0 Å². The molecule has 9 nitrogen and oxygen atoms in total. The fourth-order valence-electron chi connectivity index (χ4n) is 4.23. The zero-order chi connectivity index (χ0) is 28.2. The fraction of sp³-hybridized carbons (Fsp3) is 0.259. The molecule has 206 valence electrons. The molecule has 1 aliphatic heterocycles. The van der Waals surface area contributed by atoms with E-state index in [1.165, 1.54) is 24.1 Å². The third-order valence-corrected chi connectivity index (χ3v) is 8.08. The molecule has 2 amide bonds. The van der Waals surface area contributed by atoms with E-state index in [0.717, 1.165) is 16.1 Å². The number of nitrogens with zero attached hydrogens (tertiary/aromatic N) is 2. The number of hydrogen-bond acceptors (Lipinski definition) is 6. The van der Waals surface area contributed by atoms with Gasteiger partial charge in [0.1, 0.15) is 12.6 Å². The van der Waals surface area contributed by atoms with Crippen LogP contribution in [0.3, 0.4) is 0 Å². The number of hydrogen-bond donors (Lipinski definition) is 1. The second-order valence-electron chi connectivity index (χ2n) is 8.85. The Morgan fingerprint density at radius 1 is 0.974 bits per heavy atom. The van der Waals surface area contributed by atoms with Gasteiger partial charge in [0.2, 0.25) is 28.6 Å². The molecule has 4 rings (SSSR count). The van der Waals surface area contributed by atoms with E-state index in [4.69, 9.17) is 32.7 Å². The number of benzene rings is 3. The molecule has 0 spiro atoms. The van der Waals surface area contributed by atoms with Crippen molar-refractivity contribution in [2.45, 2.75) is 19.0 Å². The SMILES string of the molecule is CNC(=O)[C@@H](Cc1ccccc1)N(Cc1c(Cl)cccc1Cl)C(=O)CN(c1ccc2c(c1)OCO2)S(C)(=O)=O. The summed E-state index contributed by atoms with van der Waals surface area (Å²) in [6, 6.07) is 17.7. The maximum atomic E-state index is 14.0. The molecular weight excluding hydrogens is 565 g/mol. The van der Waals surface area contributed by atoms with Gasteiger partial charge in [0, 0.05) is 41.7 Å². The summed E-state index contributed by atoms with van der Waals surface area (Å²) in [5.74, 6) is -0.223. The largest absolute Gasteiger partial charge is 0.454 e. The van der Waals surface area contributed by atoms with Crippen LogP contribution in [0.1, 0.15) is 11.1 Å². The number of carbonyl (C=O) groups excluding carboxylic acids is 2. The van der Waals surface area contributed by atoms with Gasteiger partial charge in [-0.1, -0.05) is 59.6 Å². The predicted octanol–water partition coefficient (Wildman–Crippen LogP) is 3.87. The fourth-order valence-corrected chi connectivity index (χ4v) is 5.59. The molecule has 3 aromatic carbocycles. The zero-order valence-corrected chi connectivity index (χ0v) is 23.6. The molecule has 3 aromatic rings. The molecule has 0 saturated heterocycles. The van der Waals surface area contributed by atoms with Crippen LogP contribution < -0.4 is 19.1 Å². The lowest BCUT2D eigenvalue weighted by molar-refractivity contribution is -0.139. The summed E-state index contributed by atoms with van der Waals surface area (Å²) in [6.45, 7) is -0.694. The predicted molar refractivity (Wildman–Crippen MR) is 150 cm³/mol. The summed E-state index contributed by atoms with van der Waals surface area (Å²) in [5.41, 5.74) is 1.46. The first-order valence-corrected chi connectivity index (χ1v) is 14.5. The average Bonchev–Trinajstić information content (AvgIpc) is 3.38. The van der Waals surface area contributed by atoms with Gasteiger partial charge in [-0.25, -0.2) is 8.42 Å². The lowest BCUT2D eigenvalue weighted by Crippen LogP contribution is -2.53. The molecule has 0 aliphatic carbocycles. The average molecular weight is 593 g/mol. The molecule has 1 N–H and O–H groups in total. The number of ether oxygens (including phenoxy) is 2. The van der Waals surface area contributed by atoms with Gasteiger partial charge in [0.25, 0.3) is 0 Å². The summed E-state index contributed by atoms with van der Waals surface area (Å²) in [4.78, 5) is 28.5. The van der Waals surface area contributed by atoms with E-state index in [2.05, 4.69) is 5.32 Å². The highest BCUT2D eigenvalue weighted by Gasteiger charge is 2.33. The molecule has 0 fully saturated rings. The van der Waals surface area contributed by atoms with E-state index < -0.39 is 34.4 Å². The smallest absolute Gasteiger partial charge is 0.244 e. The minimum Gasteiger partial charge on any atom is -0.454 e. The molecule has 0 bridgehead atoms. The molecule has 1 aliphatic rings. The van der Waals surface area contributed by atoms with Gasteiger partial charge in [0.15, 0.2) is 11.5 Å². The van der Waals surface area contributed by atoms with Gasteiger partial charge in [-0.05, 0) is 29.8 Å². The first-order valence-electron chi connectivity index (χ1n) is 11.9. The molecule has 39 heavy (non-hydrogen) atoms. The number of carbonyl (C=O) groups is 2. The summed E-state index contributed by atoms with van der Waals surface area (Å²) in [6.07, 6.45) is 1.18. The minimum absolute atomic E-state index is 0.0102. The Bertz CT molecular complexity index is 1450. The Morgan fingerprint density at radius 3 is 2.28 bits per heavy atom. The summed E-state index contributed by atoms with van der Waals surface area (Å²) in [7, 11) is -2.45. The number of rotatable bonds is 10. The maximum absolute atomic E-state index is 14.0. The van der Waals surface area contributed by atoms with E-state index in [0.29, 0.717) is 27.1 Å². The topological polar surface area (TPSA) is 105 Å². The Kier molecular flexibility index (Phi) is 8.89. The number of anilines is 1. The van der Waals surface area contributed by atoms with Crippen molar-refractivity contribution in [2.24, 2.45) is 0 Å². The van der Waals surface area contributed by atoms with Crippen LogP contribution in [-0.4, -0.2) is 57.8 Å². The number of fused-ring (bicyclic) bond motifs is 1. The van der Waals surface area contributed by atoms with Gasteiger partial charge < -0.3 is 19.7 Å². The first-order chi connectivity index (χ1) is 18.6. The highest BCUT2D eigenvalue weighted by Crippen LogP contribution is 2.36. The minimum atomic E-state index is -3.93. The zero-order valence-electron chi connectivity index (χ0n) is 21.3. The van der Waals surface area contributed by atoms with Crippen molar-refractivity contribution in [3.63, 3.8) is 0 Å². The lowest BCUT2D eigenvalue weighted by atomic mass is 10.0. The van der Waals surface area contributed by atoms with Gasteiger partial charge >= 0.3 is 0 Å². The molecule has 1 atom stereocenters. The van der Waals surface area contributed by atoms with Crippen LogP contribution in [0.5, 0.6) is 11.5 Å². The van der Waals surface area contributed by atoms with Crippen molar-refractivity contribution < 1.29 is 27.5 Å². The van der Waals surface area contributed by atoms with Crippen LogP contribution in [0.4, 0.5) is 5.69 Å². The van der Waals surface area contributed by atoms with E-state index in [-0.39, 0.29) is 25.4 Å². The van der Waals surface area contributed by atoms with Gasteiger partial charge in [-0.3, -0.25) is 13.9 Å². The molecular formula is C27H27Cl2N3O6S. The van der Waals surface area contributed by atoms with Crippen molar-refractivity contribution in [1.82, 2.24) is 10.2 Å². The van der Waals surface area contributed by atoms with Crippen LogP contribution in [0.15, 0.2) is 66.7 Å². The number of halogens is 2. The van der Waals surface area contributed by atoms with Gasteiger partial charge in [-0.2, -0.15) is 0 Å². The number of amides is 2. The normalized spacial score (nSPS) is 13.0. The van der Waals surface area contributed by atoms with Gasteiger partial charge in [0.05, 0.1) is 11.9 Å². The Labute approximate surface area is 237 Å². The number of likely N-dealkylation sites (N-methyl/N-ethyl adjacent to an activating group) is 1. The van der Waals surface area contributed by atoms with Crippen molar-refractivity contribution >= 4 is 50.7 Å².